The van der Waals surface area contributed by atoms with E-state index in [1.54, 1.807) is 18.5 Å². The topological polar surface area (TPSA) is 126 Å². The van der Waals surface area contributed by atoms with Gasteiger partial charge < -0.3 is 15.9 Å². The first kappa shape index (κ1) is 21.9. The molecule has 4 N–H and O–H groups in total. The number of hydrogen-bond acceptors (Lipinski definition) is 5. The highest BCUT2D eigenvalue weighted by Crippen LogP contribution is 2.13. The normalized spacial score (nSPS) is 10.8. The standard InChI is InChI=1S/C8H7N3.2C2HF3O2/c9-8-2-1-6-5-10-4-3-7(6)11-8;2*3-2(4,5)1(6)7/h1-5H,(H2,9,11);2*(H,6,7). The van der Waals surface area contributed by atoms with Gasteiger partial charge in [0.25, 0.3) is 0 Å². The van der Waals surface area contributed by atoms with Crippen molar-refractivity contribution in [1.82, 2.24) is 9.97 Å². The molecule has 0 saturated carbocycles. The van der Waals surface area contributed by atoms with Gasteiger partial charge in [0.1, 0.15) is 5.82 Å². The van der Waals surface area contributed by atoms with Crippen LogP contribution >= 0.6 is 0 Å². The van der Waals surface area contributed by atoms with Crippen molar-refractivity contribution in [1.29, 1.82) is 0 Å². The number of aliphatic carboxylic acids is 2. The van der Waals surface area contributed by atoms with Crippen LogP contribution in [0.3, 0.4) is 0 Å². The summed E-state index contributed by atoms with van der Waals surface area (Å²) in [7, 11) is 0. The van der Waals surface area contributed by atoms with E-state index in [0.717, 1.165) is 10.9 Å². The third kappa shape index (κ3) is 8.92. The number of carbonyl (C=O) groups is 2. The molecule has 0 unspecified atom stereocenters. The lowest BCUT2D eigenvalue weighted by Gasteiger charge is -1.95. The van der Waals surface area contributed by atoms with Crippen LogP contribution in [-0.2, 0) is 9.59 Å². The molecule has 2 aromatic rings. The molecule has 2 heterocycles. The molecule has 0 amide bonds. The largest absolute Gasteiger partial charge is 0.490 e. The van der Waals surface area contributed by atoms with Crippen LogP contribution in [0.25, 0.3) is 10.9 Å². The van der Waals surface area contributed by atoms with Crippen LogP contribution in [0.4, 0.5) is 32.2 Å². The molecular formula is C12H9F6N3O4. The number of nitrogens with zero attached hydrogens (tertiary/aromatic N) is 2. The SMILES string of the molecule is Nc1ccc2cnccc2n1.O=C(O)C(F)(F)F.O=C(O)C(F)(F)F. The molecule has 7 nitrogen and oxygen atoms in total. The molecule has 2 rings (SSSR count). The molecule has 25 heavy (non-hydrogen) atoms. The summed E-state index contributed by atoms with van der Waals surface area (Å²) < 4.78 is 63.5. The number of aromatic nitrogens is 2. The highest BCUT2D eigenvalue weighted by Gasteiger charge is 2.38. The molecule has 0 aliphatic carbocycles. The van der Waals surface area contributed by atoms with Gasteiger partial charge in [-0.05, 0) is 18.2 Å². The fraction of sp³-hybridized carbons (Fsp3) is 0.167. The minimum absolute atomic E-state index is 0.545. The summed E-state index contributed by atoms with van der Waals surface area (Å²) in [6.45, 7) is 0. The molecular weight excluding hydrogens is 364 g/mol. The zero-order valence-electron chi connectivity index (χ0n) is 11.8. The number of carboxylic acid groups (broad SMARTS) is 2. The van der Waals surface area contributed by atoms with Crippen molar-refractivity contribution in [3.63, 3.8) is 0 Å². The van der Waals surface area contributed by atoms with Crippen LogP contribution in [-0.4, -0.2) is 44.5 Å². The molecule has 0 aliphatic rings. The zero-order valence-corrected chi connectivity index (χ0v) is 11.8. The second-order valence-corrected chi connectivity index (χ2v) is 3.91. The van der Waals surface area contributed by atoms with Crippen LogP contribution in [0.2, 0.25) is 0 Å². The molecule has 0 saturated heterocycles. The van der Waals surface area contributed by atoms with Crippen LogP contribution in [0.5, 0.6) is 0 Å². The van der Waals surface area contributed by atoms with E-state index >= 15 is 0 Å². The van der Waals surface area contributed by atoms with Crippen molar-refractivity contribution in [2.75, 3.05) is 5.73 Å². The number of carboxylic acids is 2. The number of pyridine rings is 2. The smallest absolute Gasteiger partial charge is 0.475 e. The lowest BCUT2D eigenvalue weighted by molar-refractivity contribution is -0.193. The highest BCUT2D eigenvalue weighted by molar-refractivity contribution is 5.78. The van der Waals surface area contributed by atoms with Gasteiger partial charge in [-0.15, -0.1) is 0 Å². The van der Waals surface area contributed by atoms with E-state index in [4.69, 9.17) is 25.5 Å². The Kier molecular flexibility index (Phi) is 7.57. The van der Waals surface area contributed by atoms with Crippen molar-refractivity contribution < 1.29 is 46.1 Å². The third-order valence-corrected chi connectivity index (χ3v) is 2.00. The van der Waals surface area contributed by atoms with Crippen molar-refractivity contribution >= 4 is 28.7 Å². The van der Waals surface area contributed by atoms with Gasteiger partial charge in [-0.1, -0.05) is 0 Å². The Morgan fingerprint density at radius 3 is 1.76 bits per heavy atom. The number of alkyl halides is 6. The van der Waals surface area contributed by atoms with Crippen molar-refractivity contribution in [3.05, 3.63) is 30.6 Å². The Balaban J connectivity index is 0.000000366. The Morgan fingerprint density at radius 1 is 0.920 bits per heavy atom. The van der Waals surface area contributed by atoms with Crippen molar-refractivity contribution in [2.45, 2.75) is 12.4 Å². The maximum atomic E-state index is 10.6. The van der Waals surface area contributed by atoms with Crippen LogP contribution < -0.4 is 5.73 Å². The molecule has 0 spiro atoms. The quantitative estimate of drug-likeness (QED) is 0.606. The predicted molar refractivity (Wildman–Crippen MR) is 71.3 cm³/mol. The minimum atomic E-state index is -5.08. The average Bonchev–Trinajstić information content (AvgIpc) is 2.46. The maximum absolute atomic E-state index is 10.6. The van der Waals surface area contributed by atoms with E-state index in [1.165, 1.54) is 0 Å². The number of rotatable bonds is 0. The molecule has 0 aromatic carbocycles. The number of halogens is 6. The van der Waals surface area contributed by atoms with Gasteiger partial charge in [0, 0.05) is 17.8 Å². The molecule has 2 aromatic heterocycles. The molecule has 138 valence electrons. The predicted octanol–water partition coefficient (Wildman–Crippen LogP) is 2.48. The fourth-order valence-electron chi connectivity index (χ4n) is 0.981. The van der Waals surface area contributed by atoms with Gasteiger partial charge in [-0.3, -0.25) is 4.98 Å². The molecule has 13 heteroatoms. The average molecular weight is 373 g/mol. The Morgan fingerprint density at radius 2 is 1.36 bits per heavy atom. The van der Waals surface area contributed by atoms with Crippen molar-refractivity contribution in [2.24, 2.45) is 0 Å². The molecule has 0 bridgehead atoms. The first-order valence-corrected chi connectivity index (χ1v) is 5.81. The Labute approximate surface area is 134 Å². The molecule has 0 radical (unpaired) electrons. The highest BCUT2D eigenvalue weighted by atomic mass is 19.4. The number of fused-ring (bicyclic) bond motifs is 1. The van der Waals surface area contributed by atoms with Crippen molar-refractivity contribution in [3.8, 4) is 0 Å². The monoisotopic (exact) mass is 373 g/mol. The Bertz CT molecular complexity index is 709. The zero-order chi connectivity index (χ0) is 19.8. The van der Waals surface area contributed by atoms with Gasteiger partial charge >= 0.3 is 24.3 Å². The summed E-state index contributed by atoms with van der Waals surface area (Å²) in [6.07, 6.45) is -6.70. The number of nitrogens with two attached hydrogens (primary N) is 1. The first-order chi connectivity index (χ1) is 11.2. The Hall–Kier alpha value is -3.12. The van der Waals surface area contributed by atoms with Gasteiger partial charge in [-0.2, -0.15) is 26.3 Å². The van der Waals surface area contributed by atoms with Crippen LogP contribution in [0.1, 0.15) is 0 Å². The number of anilines is 1. The molecule has 0 fully saturated rings. The van der Waals surface area contributed by atoms with Crippen LogP contribution in [0, 0.1) is 0 Å². The van der Waals surface area contributed by atoms with E-state index in [9.17, 15) is 26.3 Å². The maximum Gasteiger partial charge on any atom is 0.490 e. The van der Waals surface area contributed by atoms with E-state index < -0.39 is 24.3 Å². The van der Waals surface area contributed by atoms with Crippen LogP contribution in [0.15, 0.2) is 30.6 Å². The summed E-state index contributed by atoms with van der Waals surface area (Å²) in [4.78, 5) is 25.9. The fourth-order valence-corrected chi connectivity index (χ4v) is 0.981. The number of hydrogen-bond donors (Lipinski definition) is 3. The second kappa shape index (κ2) is 8.65. The van der Waals surface area contributed by atoms with E-state index in [-0.39, 0.29) is 0 Å². The van der Waals surface area contributed by atoms with E-state index in [2.05, 4.69) is 9.97 Å². The summed E-state index contributed by atoms with van der Waals surface area (Å²) in [5, 5.41) is 15.3. The summed E-state index contributed by atoms with van der Waals surface area (Å²) >= 11 is 0. The van der Waals surface area contributed by atoms with Gasteiger partial charge in [-0.25, -0.2) is 14.6 Å². The minimum Gasteiger partial charge on any atom is -0.475 e. The van der Waals surface area contributed by atoms with E-state index in [0.29, 0.717) is 5.82 Å². The first-order valence-electron chi connectivity index (χ1n) is 5.81. The van der Waals surface area contributed by atoms with Gasteiger partial charge in [0.05, 0.1) is 5.52 Å². The van der Waals surface area contributed by atoms with E-state index in [1.807, 2.05) is 12.1 Å². The molecule has 0 atom stereocenters. The summed E-state index contributed by atoms with van der Waals surface area (Å²) in [6, 6.07) is 5.51. The molecule has 0 aliphatic heterocycles. The lowest BCUT2D eigenvalue weighted by atomic mass is 10.3. The lowest BCUT2D eigenvalue weighted by Crippen LogP contribution is -2.21. The van der Waals surface area contributed by atoms with Gasteiger partial charge in [0.2, 0.25) is 0 Å². The van der Waals surface area contributed by atoms with Gasteiger partial charge in [0.15, 0.2) is 0 Å². The second-order valence-electron chi connectivity index (χ2n) is 3.91. The summed E-state index contributed by atoms with van der Waals surface area (Å²) in [5.74, 6) is -4.97. The third-order valence-electron chi connectivity index (χ3n) is 2.00. The number of nitrogen functional groups attached to an aromatic ring is 1. The summed E-state index contributed by atoms with van der Waals surface area (Å²) in [5.41, 5.74) is 6.38.